The van der Waals surface area contributed by atoms with Crippen molar-refractivity contribution in [3.8, 4) is 0 Å². The first-order chi connectivity index (χ1) is 11.9. The summed E-state index contributed by atoms with van der Waals surface area (Å²) >= 11 is 0. The van der Waals surface area contributed by atoms with Crippen LogP contribution in [0.5, 0.6) is 0 Å². The first kappa shape index (κ1) is 16.3. The molecule has 3 aromatic rings. The van der Waals surface area contributed by atoms with E-state index in [1.165, 1.54) is 23.9 Å². The van der Waals surface area contributed by atoms with Gasteiger partial charge in [-0.1, -0.05) is 6.07 Å². The summed E-state index contributed by atoms with van der Waals surface area (Å²) in [6, 6.07) is 7.94. The summed E-state index contributed by atoms with van der Waals surface area (Å²) in [5.74, 6) is 0. The maximum atomic E-state index is 12.1. The lowest BCUT2D eigenvalue weighted by molar-refractivity contribution is -0.383. The number of fused-ring (bicyclic) bond motifs is 1. The Morgan fingerprint density at radius 3 is 2.60 bits per heavy atom. The number of rotatable bonds is 3. The van der Waals surface area contributed by atoms with Crippen molar-refractivity contribution in [1.82, 2.24) is 14.1 Å². The molecule has 3 rings (SSSR count). The van der Waals surface area contributed by atoms with E-state index < -0.39 is 16.2 Å². The molecule has 2 heterocycles. The SMILES string of the molecule is Cn1cc(/C=C/c2ccc3c([N+](=O)[O-])cccc3n2)c(=O)n(C)c1=O. The second kappa shape index (κ2) is 6.16. The third-order valence-electron chi connectivity index (χ3n) is 3.83. The van der Waals surface area contributed by atoms with Crippen molar-refractivity contribution in [1.29, 1.82) is 0 Å². The van der Waals surface area contributed by atoms with Crippen molar-refractivity contribution in [3.05, 3.63) is 78.7 Å². The third kappa shape index (κ3) is 2.97. The van der Waals surface area contributed by atoms with Crippen LogP contribution >= 0.6 is 0 Å². The standard InChI is InChI=1S/C17H14N4O4/c1-19-10-11(16(22)20(2)17(19)23)6-7-12-8-9-13-14(18-12)4-3-5-15(13)21(24)25/h3-10H,1-2H3/b7-6+. The van der Waals surface area contributed by atoms with E-state index in [9.17, 15) is 19.7 Å². The van der Waals surface area contributed by atoms with E-state index in [0.717, 1.165) is 4.57 Å². The minimum absolute atomic E-state index is 0.00698. The summed E-state index contributed by atoms with van der Waals surface area (Å²) in [6.45, 7) is 0. The van der Waals surface area contributed by atoms with Gasteiger partial charge in [-0.15, -0.1) is 0 Å². The third-order valence-corrected chi connectivity index (χ3v) is 3.83. The summed E-state index contributed by atoms with van der Waals surface area (Å²) < 4.78 is 2.34. The first-order valence-corrected chi connectivity index (χ1v) is 7.37. The maximum Gasteiger partial charge on any atom is 0.330 e. The van der Waals surface area contributed by atoms with Crippen molar-refractivity contribution in [2.75, 3.05) is 0 Å². The summed E-state index contributed by atoms with van der Waals surface area (Å²) in [5.41, 5.74) is 0.556. The van der Waals surface area contributed by atoms with Gasteiger partial charge >= 0.3 is 5.69 Å². The van der Waals surface area contributed by atoms with Crippen LogP contribution in [0.4, 0.5) is 5.69 Å². The predicted molar refractivity (Wildman–Crippen MR) is 94.2 cm³/mol. The zero-order chi connectivity index (χ0) is 18.1. The van der Waals surface area contributed by atoms with Crippen molar-refractivity contribution in [2.24, 2.45) is 14.1 Å². The molecule has 0 aliphatic carbocycles. The van der Waals surface area contributed by atoms with Gasteiger partial charge in [-0.3, -0.25) is 19.5 Å². The van der Waals surface area contributed by atoms with Gasteiger partial charge in [0.1, 0.15) is 0 Å². The van der Waals surface area contributed by atoms with Crippen LogP contribution < -0.4 is 11.2 Å². The highest BCUT2D eigenvalue weighted by molar-refractivity contribution is 5.88. The second-order valence-corrected chi connectivity index (χ2v) is 5.51. The van der Waals surface area contributed by atoms with Gasteiger partial charge in [0, 0.05) is 26.4 Å². The summed E-state index contributed by atoms with van der Waals surface area (Å²) in [4.78, 5) is 38.7. The molecule has 8 nitrogen and oxygen atoms in total. The molecule has 0 saturated carbocycles. The molecule has 2 aromatic heterocycles. The van der Waals surface area contributed by atoms with Crippen LogP contribution in [-0.2, 0) is 14.1 Å². The fourth-order valence-electron chi connectivity index (χ4n) is 2.53. The molecule has 0 amide bonds. The lowest BCUT2D eigenvalue weighted by atomic mass is 10.1. The van der Waals surface area contributed by atoms with Gasteiger partial charge in [0.05, 0.1) is 27.1 Å². The van der Waals surface area contributed by atoms with E-state index in [1.807, 2.05) is 0 Å². The van der Waals surface area contributed by atoms with Crippen LogP contribution in [0.15, 0.2) is 46.1 Å². The number of hydrogen-bond acceptors (Lipinski definition) is 5. The van der Waals surface area contributed by atoms with Crippen LogP contribution in [0, 0.1) is 10.1 Å². The smallest absolute Gasteiger partial charge is 0.303 e. The van der Waals surface area contributed by atoms with Gasteiger partial charge in [-0.05, 0) is 30.4 Å². The molecular weight excluding hydrogens is 324 g/mol. The van der Waals surface area contributed by atoms with Gasteiger partial charge in [0.2, 0.25) is 0 Å². The molecule has 1 aromatic carbocycles. The fraction of sp³-hybridized carbons (Fsp3) is 0.118. The van der Waals surface area contributed by atoms with E-state index in [4.69, 9.17) is 0 Å². The minimum Gasteiger partial charge on any atom is -0.303 e. The normalized spacial score (nSPS) is 11.3. The average molecular weight is 338 g/mol. The molecule has 0 aliphatic rings. The molecular formula is C17H14N4O4. The molecule has 0 fully saturated rings. The minimum atomic E-state index is -0.451. The van der Waals surface area contributed by atoms with Gasteiger partial charge in [-0.2, -0.15) is 0 Å². The highest BCUT2D eigenvalue weighted by Crippen LogP contribution is 2.24. The van der Waals surface area contributed by atoms with E-state index in [2.05, 4.69) is 4.98 Å². The molecule has 0 atom stereocenters. The maximum absolute atomic E-state index is 12.1. The van der Waals surface area contributed by atoms with Crippen LogP contribution in [-0.4, -0.2) is 19.0 Å². The molecule has 0 bridgehead atoms. The van der Waals surface area contributed by atoms with Gasteiger partial charge in [0.15, 0.2) is 0 Å². The molecule has 25 heavy (non-hydrogen) atoms. The fourth-order valence-corrected chi connectivity index (χ4v) is 2.53. The molecule has 0 spiro atoms. The average Bonchev–Trinajstić information content (AvgIpc) is 2.61. The highest BCUT2D eigenvalue weighted by atomic mass is 16.6. The number of benzene rings is 1. The van der Waals surface area contributed by atoms with E-state index in [-0.39, 0.29) is 5.69 Å². The van der Waals surface area contributed by atoms with Gasteiger partial charge in [-0.25, -0.2) is 9.78 Å². The molecule has 0 unspecified atom stereocenters. The van der Waals surface area contributed by atoms with Crippen molar-refractivity contribution >= 4 is 28.7 Å². The number of nitrogens with zero attached hydrogens (tertiary/aromatic N) is 4. The number of pyridine rings is 1. The van der Waals surface area contributed by atoms with Gasteiger partial charge in [0.25, 0.3) is 11.2 Å². The highest BCUT2D eigenvalue weighted by Gasteiger charge is 2.11. The monoisotopic (exact) mass is 338 g/mol. The molecule has 0 saturated heterocycles. The first-order valence-electron chi connectivity index (χ1n) is 7.37. The Balaban J connectivity index is 2.05. The zero-order valence-electron chi connectivity index (χ0n) is 13.5. The quantitative estimate of drug-likeness (QED) is 0.534. The Hall–Kier alpha value is -3.55. The number of nitro groups is 1. The summed E-state index contributed by atoms with van der Waals surface area (Å²) in [6.07, 6.45) is 4.64. The number of nitro benzene ring substituents is 1. The lowest BCUT2D eigenvalue weighted by Crippen LogP contribution is -2.37. The Morgan fingerprint density at radius 1 is 1.12 bits per heavy atom. The van der Waals surface area contributed by atoms with E-state index >= 15 is 0 Å². The van der Waals surface area contributed by atoms with Crippen LogP contribution in [0.1, 0.15) is 11.3 Å². The Bertz CT molecular complexity index is 1140. The summed E-state index contributed by atoms with van der Waals surface area (Å²) in [7, 11) is 2.97. The number of aromatic nitrogens is 3. The Kier molecular flexibility index (Phi) is 4.02. The zero-order valence-corrected chi connectivity index (χ0v) is 13.5. The van der Waals surface area contributed by atoms with Crippen LogP contribution in [0.2, 0.25) is 0 Å². The summed E-state index contributed by atoms with van der Waals surface area (Å²) in [5, 5.41) is 11.5. The number of hydrogen-bond donors (Lipinski definition) is 0. The molecule has 126 valence electrons. The van der Waals surface area contributed by atoms with Crippen LogP contribution in [0.3, 0.4) is 0 Å². The second-order valence-electron chi connectivity index (χ2n) is 5.51. The molecule has 0 N–H and O–H groups in total. The molecule has 0 radical (unpaired) electrons. The largest absolute Gasteiger partial charge is 0.330 e. The van der Waals surface area contributed by atoms with Crippen molar-refractivity contribution in [3.63, 3.8) is 0 Å². The van der Waals surface area contributed by atoms with E-state index in [1.54, 1.807) is 43.5 Å². The Morgan fingerprint density at radius 2 is 1.88 bits per heavy atom. The molecule has 8 heteroatoms. The van der Waals surface area contributed by atoms with Crippen molar-refractivity contribution < 1.29 is 4.92 Å². The van der Waals surface area contributed by atoms with Crippen molar-refractivity contribution in [2.45, 2.75) is 0 Å². The lowest BCUT2D eigenvalue weighted by Gasteiger charge is -2.03. The molecule has 0 aliphatic heterocycles. The van der Waals surface area contributed by atoms with Crippen LogP contribution in [0.25, 0.3) is 23.1 Å². The number of aryl methyl sites for hydroxylation is 1. The predicted octanol–water partition coefficient (Wildman–Crippen LogP) is 1.71. The topological polar surface area (TPSA) is 100 Å². The van der Waals surface area contributed by atoms with Gasteiger partial charge < -0.3 is 4.57 Å². The van der Waals surface area contributed by atoms with E-state index in [0.29, 0.717) is 22.2 Å². The number of non-ortho nitro benzene ring substituents is 1. The Labute approximate surface area is 141 Å².